The van der Waals surface area contributed by atoms with Gasteiger partial charge in [-0.3, -0.25) is 4.79 Å². The lowest BCUT2D eigenvalue weighted by Gasteiger charge is -2.25. The number of hydrogen-bond acceptors (Lipinski definition) is 3. The average Bonchev–Trinajstić information content (AvgIpc) is 3.14. The van der Waals surface area contributed by atoms with Gasteiger partial charge in [-0.1, -0.05) is 37.1 Å². The quantitative estimate of drug-likeness (QED) is 0.859. The van der Waals surface area contributed by atoms with Crippen LogP contribution in [0.5, 0.6) is 0 Å². The molecular formula is C19H27NO3S. The van der Waals surface area contributed by atoms with Gasteiger partial charge in [-0.25, -0.2) is 8.42 Å². The molecule has 5 heteroatoms. The molecule has 4 nitrogen and oxygen atoms in total. The van der Waals surface area contributed by atoms with Crippen LogP contribution >= 0.6 is 0 Å². The number of sulfone groups is 1. The molecular weight excluding hydrogens is 322 g/mol. The molecule has 1 atom stereocenters. The zero-order chi connectivity index (χ0) is 17.0. The zero-order valence-electron chi connectivity index (χ0n) is 14.2. The molecule has 1 aromatic rings. The molecule has 0 unspecified atom stereocenters. The second-order valence-corrected chi connectivity index (χ2v) is 9.52. The maximum Gasteiger partial charge on any atom is 0.221 e. The van der Waals surface area contributed by atoms with E-state index in [0.717, 1.165) is 44.9 Å². The Balaban J connectivity index is 1.48. The van der Waals surface area contributed by atoms with Gasteiger partial charge in [0.25, 0.3) is 0 Å². The summed E-state index contributed by atoms with van der Waals surface area (Å²) in [6.07, 6.45) is 6.96. The third-order valence-electron chi connectivity index (χ3n) is 5.46. The maximum atomic E-state index is 12.2. The van der Waals surface area contributed by atoms with Gasteiger partial charge in [0, 0.05) is 18.9 Å². The normalized spacial score (nSPS) is 21.4. The summed E-state index contributed by atoms with van der Waals surface area (Å²) in [5, 5.41) is 2.74. The van der Waals surface area contributed by atoms with Crippen LogP contribution in [0, 0.1) is 0 Å². The Labute approximate surface area is 145 Å². The standard InChI is InChI=1S/C19H27NO3S/c21-19(12-13-24(22,23)17-9-2-3-10-17)20-14-16-8-5-7-15-6-1-4-11-18(15)16/h1,4,6,11,16-17H,2-3,5,7-10,12-14H2,(H,20,21)/t16-/m0/s1. The van der Waals surface area contributed by atoms with E-state index in [4.69, 9.17) is 0 Å². The van der Waals surface area contributed by atoms with Gasteiger partial charge < -0.3 is 5.32 Å². The van der Waals surface area contributed by atoms with Crippen LogP contribution in [-0.2, 0) is 21.1 Å². The molecule has 1 saturated carbocycles. The van der Waals surface area contributed by atoms with E-state index in [1.807, 2.05) is 6.07 Å². The summed E-state index contributed by atoms with van der Waals surface area (Å²) in [5.74, 6) is 0.204. The van der Waals surface area contributed by atoms with Gasteiger partial charge in [0.15, 0.2) is 9.84 Å². The first-order chi connectivity index (χ1) is 11.6. The van der Waals surface area contributed by atoms with Crippen LogP contribution in [0.25, 0.3) is 0 Å². The molecule has 0 aliphatic heterocycles. The Morgan fingerprint density at radius 3 is 2.62 bits per heavy atom. The van der Waals surface area contributed by atoms with Crippen LogP contribution in [-0.4, -0.2) is 31.9 Å². The number of benzene rings is 1. The van der Waals surface area contributed by atoms with Crippen LogP contribution in [0.2, 0.25) is 0 Å². The van der Waals surface area contributed by atoms with Gasteiger partial charge in [0.1, 0.15) is 0 Å². The molecule has 0 bridgehead atoms. The molecule has 2 aliphatic carbocycles. The van der Waals surface area contributed by atoms with E-state index in [1.165, 1.54) is 11.1 Å². The number of aryl methyl sites for hydroxylation is 1. The van der Waals surface area contributed by atoms with Crippen molar-refractivity contribution in [2.24, 2.45) is 0 Å². The van der Waals surface area contributed by atoms with Crippen molar-refractivity contribution in [3.05, 3.63) is 35.4 Å². The van der Waals surface area contributed by atoms with E-state index in [2.05, 4.69) is 23.5 Å². The minimum atomic E-state index is -3.11. The molecule has 0 aromatic heterocycles. The van der Waals surface area contributed by atoms with Crippen molar-refractivity contribution in [2.75, 3.05) is 12.3 Å². The predicted molar refractivity (Wildman–Crippen MR) is 95.8 cm³/mol. The largest absolute Gasteiger partial charge is 0.355 e. The number of fused-ring (bicyclic) bond motifs is 1. The summed E-state index contributed by atoms with van der Waals surface area (Å²) in [6.45, 7) is 0.610. The van der Waals surface area contributed by atoms with Crippen LogP contribution in [0.3, 0.4) is 0 Å². The molecule has 1 amide bonds. The number of amides is 1. The fraction of sp³-hybridized carbons (Fsp3) is 0.632. The molecule has 0 spiro atoms. The fourth-order valence-corrected chi connectivity index (χ4v) is 5.90. The Kier molecular flexibility index (Phi) is 5.59. The zero-order valence-corrected chi connectivity index (χ0v) is 15.0. The van der Waals surface area contributed by atoms with Crippen molar-refractivity contribution >= 4 is 15.7 Å². The van der Waals surface area contributed by atoms with E-state index in [1.54, 1.807) is 0 Å². The fourth-order valence-electron chi connectivity index (χ4n) is 4.04. The highest BCUT2D eigenvalue weighted by molar-refractivity contribution is 7.92. The van der Waals surface area contributed by atoms with Crippen LogP contribution in [0.4, 0.5) is 0 Å². The van der Waals surface area contributed by atoms with Crippen molar-refractivity contribution in [1.82, 2.24) is 5.32 Å². The van der Waals surface area contributed by atoms with Crippen molar-refractivity contribution < 1.29 is 13.2 Å². The molecule has 3 rings (SSSR count). The molecule has 0 heterocycles. The van der Waals surface area contributed by atoms with E-state index < -0.39 is 9.84 Å². The second-order valence-electron chi connectivity index (χ2n) is 7.12. The van der Waals surface area contributed by atoms with Gasteiger partial charge in [-0.05, 0) is 43.2 Å². The van der Waals surface area contributed by atoms with Crippen LogP contribution < -0.4 is 5.32 Å². The van der Waals surface area contributed by atoms with E-state index in [0.29, 0.717) is 12.5 Å². The highest BCUT2D eigenvalue weighted by Crippen LogP contribution is 2.31. The SMILES string of the molecule is O=C(CCS(=O)(=O)C1CCCC1)NC[C@@H]1CCCc2ccccc21. The highest BCUT2D eigenvalue weighted by atomic mass is 32.2. The molecule has 0 radical (unpaired) electrons. The number of nitrogens with one attached hydrogen (secondary N) is 1. The second kappa shape index (κ2) is 7.68. The number of carbonyl (C=O) groups is 1. The number of rotatable bonds is 6. The summed E-state index contributed by atoms with van der Waals surface area (Å²) in [7, 11) is -3.11. The summed E-state index contributed by atoms with van der Waals surface area (Å²) in [6, 6.07) is 8.42. The first kappa shape index (κ1) is 17.5. The summed E-state index contributed by atoms with van der Waals surface area (Å²) in [4.78, 5) is 12.1. The predicted octanol–water partition coefficient (Wildman–Crippen LogP) is 2.97. The topological polar surface area (TPSA) is 63.2 Å². The summed E-state index contributed by atoms with van der Waals surface area (Å²) < 4.78 is 24.5. The van der Waals surface area contributed by atoms with Crippen molar-refractivity contribution in [1.29, 1.82) is 0 Å². The lowest BCUT2D eigenvalue weighted by Crippen LogP contribution is -2.32. The van der Waals surface area contributed by atoms with Crippen molar-refractivity contribution in [2.45, 2.75) is 62.5 Å². The lowest BCUT2D eigenvalue weighted by molar-refractivity contribution is -0.120. The molecule has 24 heavy (non-hydrogen) atoms. The summed E-state index contributed by atoms with van der Waals surface area (Å²) in [5.41, 5.74) is 2.72. The molecule has 1 fully saturated rings. The minimum absolute atomic E-state index is 0.00917. The Hall–Kier alpha value is -1.36. The van der Waals surface area contributed by atoms with Crippen LogP contribution in [0.15, 0.2) is 24.3 Å². The molecule has 1 aromatic carbocycles. The lowest BCUT2D eigenvalue weighted by atomic mass is 9.83. The third-order valence-corrected chi connectivity index (χ3v) is 7.72. The van der Waals surface area contributed by atoms with Crippen molar-refractivity contribution in [3.8, 4) is 0 Å². The monoisotopic (exact) mass is 349 g/mol. The third kappa shape index (κ3) is 4.18. The number of hydrogen-bond donors (Lipinski definition) is 1. The Morgan fingerprint density at radius 2 is 1.83 bits per heavy atom. The molecule has 0 saturated heterocycles. The van der Waals surface area contributed by atoms with E-state index in [9.17, 15) is 13.2 Å². The Morgan fingerprint density at radius 1 is 1.08 bits per heavy atom. The minimum Gasteiger partial charge on any atom is -0.355 e. The van der Waals surface area contributed by atoms with Gasteiger partial charge in [0.05, 0.1) is 11.0 Å². The van der Waals surface area contributed by atoms with Gasteiger partial charge in [-0.15, -0.1) is 0 Å². The van der Waals surface area contributed by atoms with Gasteiger partial charge in [0.2, 0.25) is 5.91 Å². The van der Waals surface area contributed by atoms with Crippen LogP contribution in [0.1, 0.15) is 62.0 Å². The van der Waals surface area contributed by atoms with E-state index >= 15 is 0 Å². The van der Waals surface area contributed by atoms with Crippen molar-refractivity contribution in [3.63, 3.8) is 0 Å². The van der Waals surface area contributed by atoms with Gasteiger partial charge >= 0.3 is 0 Å². The Bertz CT molecular complexity index is 678. The summed E-state index contributed by atoms with van der Waals surface area (Å²) >= 11 is 0. The molecule has 1 N–H and O–H groups in total. The average molecular weight is 349 g/mol. The number of carbonyl (C=O) groups excluding carboxylic acids is 1. The molecule has 132 valence electrons. The van der Waals surface area contributed by atoms with Gasteiger partial charge in [-0.2, -0.15) is 0 Å². The maximum absolute atomic E-state index is 12.2. The van der Waals surface area contributed by atoms with E-state index in [-0.39, 0.29) is 23.3 Å². The first-order valence-electron chi connectivity index (χ1n) is 9.12. The highest BCUT2D eigenvalue weighted by Gasteiger charge is 2.29. The molecule has 2 aliphatic rings. The first-order valence-corrected chi connectivity index (χ1v) is 10.8. The smallest absolute Gasteiger partial charge is 0.221 e.